The van der Waals surface area contributed by atoms with Crippen LogP contribution in [0, 0.1) is 0 Å². The van der Waals surface area contributed by atoms with Gasteiger partial charge in [0.15, 0.2) is 0 Å². The van der Waals surface area contributed by atoms with Gasteiger partial charge in [-0.05, 0) is 34.1 Å². The fraction of sp³-hybridized carbons (Fsp3) is 1.00. The molecule has 0 amide bonds. The van der Waals surface area contributed by atoms with Gasteiger partial charge in [0, 0.05) is 19.7 Å². The Morgan fingerprint density at radius 1 is 1.38 bits per heavy atom. The molecule has 0 saturated heterocycles. The Morgan fingerprint density at radius 3 is 2.31 bits per heavy atom. The van der Waals surface area contributed by atoms with Gasteiger partial charge < -0.3 is 15.2 Å². The molecule has 0 radical (unpaired) electrons. The molecule has 0 aliphatic rings. The quantitative estimate of drug-likeness (QED) is 0.659. The molecule has 0 aromatic carbocycles. The number of nitrogens with one attached hydrogen (secondary N) is 1. The van der Waals surface area contributed by atoms with Gasteiger partial charge >= 0.3 is 0 Å². The summed E-state index contributed by atoms with van der Waals surface area (Å²) >= 11 is 0. The lowest BCUT2D eigenvalue weighted by Crippen LogP contribution is -2.38. The van der Waals surface area contributed by atoms with Crippen LogP contribution in [0.25, 0.3) is 0 Å². The number of hydrogen-bond donors (Lipinski definition) is 2. The molecule has 0 heterocycles. The van der Waals surface area contributed by atoms with Crippen molar-refractivity contribution >= 4 is 0 Å². The summed E-state index contributed by atoms with van der Waals surface area (Å²) < 4.78 is 5.31. The van der Waals surface area contributed by atoms with Gasteiger partial charge in [-0.2, -0.15) is 0 Å². The maximum atomic E-state index is 9.06. The van der Waals surface area contributed by atoms with Crippen LogP contribution < -0.4 is 5.32 Å². The van der Waals surface area contributed by atoms with Crippen molar-refractivity contribution < 1.29 is 9.84 Å². The van der Waals surface area contributed by atoms with Gasteiger partial charge in [0.25, 0.3) is 0 Å². The molecule has 0 bridgehead atoms. The van der Waals surface area contributed by atoms with Crippen LogP contribution in [0.5, 0.6) is 0 Å². The van der Waals surface area contributed by atoms with Crippen molar-refractivity contribution in [3.8, 4) is 0 Å². The zero-order valence-corrected chi connectivity index (χ0v) is 9.42. The Hall–Kier alpha value is -0.120. The SMILES string of the molecule is COC(C)(C)CC(C)NCC(C)O. The molecule has 0 fully saturated rings. The largest absolute Gasteiger partial charge is 0.392 e. The monoisotopic (exact) mass is 189 g/mol. The maximum absolute atomic E-state index is 9.06. The lowest BCUT2D eigenvalue weighted by atomic mass is 10.00. The van der Waals surface area contributed by atoms with Crippen molar-refractivity contribution in [2.45, 2.75) is 51.9 Å². The Labute approximate surface area is 81.5 Å². The first kappa shape index (κ1) is 12.9. The molecule has 0 spiro atoms. The molecule has 0 aromatic heterocycles. The van der Waals surface area contributed by atoms with E-state index < -0.39 is 0 Å². The smallest absolute Gasteiger partial charge is 0.0637 e. The van der Waals surface area contributed by atoms with E-state index in [-0.39, 0.29) is 11.7 Å². The average molecular weight is 189 g/mol. The Kier molecular flexibility index (Phi) is 5.53. The predicted octanol–water partition coefficient (Wildman–Crippen LogP) is 1.16. The van der Waals surface area contributed by atoms with Crippen molar-refractivity contribution in [1.82, 2.24) is 5.32 Å². The Morgan fingerprint density at radius 2 is 1.92 bits per heavy atom. The zero-order chi connectivity index (χ0) is 10.5. The lowest BCUT2D eigenvalue weighted by Gasteiger charge is -2.27. The minimum atomic E-state index is -0.284. The van der Waals surface area contributed by atoms with E-state index in [2.05, 4.69) is 26.1 Å². The van der Waals surface area contributed by atoms with Crippen molar-refractivity contribution in [2.75, 3.05) is 13.7 Å². The summed E-state index contributed by atoms with van der Waals surface area (Å²) in [6.07, 6.45) is 0.657. The van der Waals surface area contributed by atoms with E-state index in [1.807, 2.05) is 0 Å². The van der Waals surface area contributed by atoms with Crippen molar-refractivity contribution in [1.29, 1.82) is 0 Å². The summed E-state index contributed by atoms with van der Waals surface area (Å²) in [5.41, 5.74) is -0.0922. The van der Waals surface area contributed by atoms with Gasteiger partial charge in [0.1, 0.15) is 0 Å². The van der Waals surface area contributed by atoms with Gasteiger partial charge in [-0.3, -0.25) is 0 Å². The molecule has 80 valence electrons. The Balaban J connectivity index is 3.67. The number of rotatable bonds is 6. The van der Waals surface area contributed by atoms with Crippen LogP contribution in [-0.2, 0) is 4.74 Å². The first-order chi connectivity index (χ1) is 5.87. The van der Waals surface area contributed by atoms with Crippen molar-refractivity contribution in [3.05, 3.63) is 0 Å². The van der Waals surface area contributed by atoms with Crippen LogP contribution in [0.4, 0.5) is 0 Å². The van der Waals surface area contributed by atoms with E-state index in [1.54, 1.807) is 14.0 Å². The number of ether oxygens (including phenoxy) is 1. The highest BCUT2D eigenvalue weighted by Crippen LogP contribution is 2.15. The first-order valence-corrected chi connectivity index (χ1v) is 4.84. The number of methoxy groups -OCH3 is 1. The van der Waals surface area contributed by atoms with Crippen LogP contribution in [0.1, 0.15) is 34.1 Å². The summed E-state index contributed by atoms with van der Waals surface area (Å²) in [5.74, 6) is 0. The van der Waals surface area contributed by atoms with Gasteiger partial charge in [0.05, 0.1) is 11.7 Å². The minimum Gasteiger partial charge on any atom is -0.392 e. The van der Waals surface area contributed by atoms with E-state index in [4.69, 9.17) is 9.84 Å². The molecule has 13 heavy (non-hydrogen) atoms. The normalized spacial score (nSPS) is 17.1. The average Bonchev–Trinajstić information content (AvgIpc) is 2.00. The van der Waals surface area contributed by atoms with E-state index in [0.29, 0.717) is 12.6 Å². The van der Waals surface area contributed by atoms with Gasteiger partial charge in [-0.15, -0.1) is 0 Å². The highest BCUT2D eigenvalue weighted by Gasteiger charge is 2.19. The summed E-state index contributed by atoms with van der Waals surface area (Å²) in [5, 5.41) is 12.3. The third-order valence-corrected chi connectivity index (χ3v) is 2.11. The lowest BCUT2D eigenvalue weighted by molar-refractivity contribution is 0.00772. The third-order valence-electron chi connectivity index (χ3n) is 2.11. The molecule has 0 aromatic rings. The third kappa shape index (κ3) is 6.99. The highest BCUT2D eigenvalue weighted by atomic mass is 16.5. The molecule has 2 unspecified atom stereocenters. The maximum Gasteiger partial charge on any atom is 0.0637 e. The minimum absolute atomic E-state index is 0.0922. The molecular weight excluding hydrogens is 166 g/mol. The fourth-order valence-electron chi connectivity index (χ4n) is 1.26. The molecule has 3 heteroatoms. The molecule has 0 aliphatic heterocycles. The second-order valence-electron chi connectivity index (χ2n) is 4.33. The second-order valence-corrected chi connectivity index (χ2v) is 4.33. The number of hydrogen-bond acceptors (Lipinski definition) is 3. The molecule has 3 nitrogen and oxygen atoms in total. The molecule has 0 saturated carbocycles. The summed E-state index contributed by atoms with van der Waals surface area (Å²) in [6.45, 7) is 8.65. The van der Waals surface area contributed by atoms with Crippen LogP contribution >= 0.6 is 0 Å². The highest BCUT2D eigenvalue weighted by molar-refractivity contribution is 4.75. The Bertz CT molecular complexity index is 135. The summed E-state index contributed by atoms with van der Waals surface area (Å²) in [6, 6.07) is 0.365. The van der Waals surface area contributed by atoms with Crippen LogP contribution in [-0.4, -0.2) is 36.5 Å². The molecule has 2 atom stereocenters. The summed E-state index contributed by atoms with van der Waals surface area (Å²) in [4.78, 5) is 0. The van der Waals surface area contributed by atoms with E-state index in [1.165, 1.54) is 0 Å². The van der Waals surface area contributed by atoms with E-state index in [9.17, 15) is 0 Å². The molecule has 0 rings (SSSR count). The van der Waals surface area contributed by atoms with Gasteiger partial charge in [0.2, 0.25) is 0 Å². The standard InChI is InChI=1S/C10H23NO2/c1-8(11-7-9(2)12)6-10(3,4)13-5/h8-9,11-12H,6-7H2,1-5H3. The molecular formula is C10H23NO2. The van der Waals surface area contributed by atoms with E-state index in [0.717, 1.165) is 6.42 Å². The first-order valence-electron chi connectivity index (χ1n) is 4.84. The number of aliphatic hydroxyl groups is 1. The predicted molar refractivity (Wildman–Crippen MR) is 54.9 cm³/mol. The van der Waals surface area contributed by atoms with Crippen molar-refractivity contribution in [2.24, 2.45) is 0 Å². The fourth-order valence-corrected chi connectivity index (χ4v) is 1.26. The topological polar surface area (TPSA) is 41.5 Å². The summed E-state index contributed by atoms with van der Waals surface area (Å²) in [7, 11) is 1.72. The van der Waals surface area contributed by atoms with Crippen LogP contribution in [0.2, 0.25) is 0 Å². The number of aliphatic hydroxyl groups excluding tert-OH is 1. The molecule has 2 N–H and O–H groups in total. The van der Waals surface area contributed by atoms with Crippen molar-refractivity contribution in [3.63, 3.8) is 0 Å². The van der Waals surface area contributed by atoms with Gasteiger partial charge in [-0.25, -0.2) is 0 Å². The van der Waals surface area contributed by atoms with E-state index >= 15 is 0 Å². The zero-order valence-electron chi connectivity index (χ0n) is 9.42. The van der Waals surface area contributed by atoms with Gasteiger partial charge in [-0.1, -0.05) is 0 Å². The second kappa shape index (κ2) is 5.58. The van der Waals surface area contributed by atoms with Crippen LogP contribution in [0.3, 0.4) is 0 Å². The van der Waals surface area contributed by atoms with Crippen LogP contribution in [0.15, 0.2) is 0 Å². The molecule has 0 aliphatic carbocycles.